The molecule has 10 heteroatoms. The van der Waals surface area contributed by atoms with Crippen LogP contribution in [0.25, 0.3) is 0 Å². The number of carbonyl (C=O) groups is 2. The van der Waals surface area contributed by atoms with Gasteiger partial charge in [-0.05, 0) is 12.1 Å². The summed E-state index contributed by atoms with van der Waals surface area (Å²) in [6, 6.07) is 4.28. The third-order valence-corrected chi connectivity index (χ3v) is 3.76. The Morgan fingerprint density at radius 2 is 2.12 bits per heavy atom. The summed E-state index contributed by atoms with van der Waals surface area (Å²) in [6.45, 7) is 1.66. The van der Waals surface area contributed by atoms with E-state index in [-0.39, 0.29) is 40.0 Å². The minimum atomic E-state index is -2.64. The van der Waals surface area contributed by atoms with E-state index >= 15 is 0 Å². The van der Waals surface area contributed by atoms with Gasteiger partial charge in [0.2, 0.25) is 0 Å². The van der Waals surface area contributed by atoms with Crippen molar-refractivity contribution in [2.45, 2.75) is 24.0 Å². The van der Waals surface area contributed by atoms with Gasteiger partial charge < -0.3 is 10.4 Å². The van der Waals surface area contributed by atoms with Crippen LogP contribution in [0.5, 0.6) is 0 Å². The molecule has 132 valence electrons. The third-order valence-electron chi connectivity index (χ3n) is 3.00. The number of alkyl halides is 2. The van der Waals surface area contributed by atoms with Crippen LogP contribution in [-0.2, 0) is 0 Å². The van der Waals surface area contributed by atoms with Crippen LogP contribution >= 0.6 is 11.8 Å². The third kappa shape index (κ3) is 5.11. The largest absolute Gasteiger partial charge is 0.465 e. The number of nitrogens with zero attached hydrogens (tertiary/aromatic N) is 2. The number of carboxylic acid groups (broad SMARTS) is 1. The predicted molar refractivity (Wildman–Crippen MR) is 89.9 cm³/mol. The van der Waals surface area contributed by atoms with E-state index in [1.807, 2.05) is 0 Å². The molecule has 7 nitrogen and oxygen atoms in total. The first-order chi connectivity index (χ1) is 11.9. The van der Waals surface area contributed by atoms with Crippen molar-refractivity contribution in [3.8, 4) is 0 Å². The first-order valence-electron chi connectivity index (χ1n) is 7.10. The quantitative estimate of drug-likeness (QED) is 0.496. The number of anilines is 3. The number of hydrogen-bond acceptors (Lipinski definition) is 6. The molecule has 2 rings (SSSR count). The fourth-order valence-electron chi connectivity index (χ4n) is 1.95. The Morgan fingerprint density at radius 3 is 2.76 bits per heavy atom. The Bertz CT molecular complexity index is 789. The Hall–Kier alpha value is -2.75. The molecule has 0 aliphatic heterocycles. The number of thioether (sulfide) groups is 1. The maximum Gasteiger partial charge on any atom is 0.410 e. The first-order valence-corrected chi connectivity index (χ1v) is 7.98. The average Bonchev–Trinajstić information content (AvgIpc) is 2.55. The van der Waals surface area contributed by atoms with Crippen molar-refractivity contribution in [2.75, 3.05) is 10.6 Å². The Balaban J connectivity index is 2.42. The lowest BCUT2D eigenvalue weighted by Gasteiger charge is -2.14. The molecule has 0 aromatic carbocycles. The molecular formula is C15H14F2N4O3S. The van der Waals surface area contributed by atoms with Crippen LogP contribution < -0.4 is 10.6 Å². The van der Waals surface area contributed by atoms with Crippen molar-refractivity contribution in [1.29, 1.82) is 0 Å². The van der Waals surface area contributed by atoms with Gasteiger partial charge in [-0.3, -0.25) is 10.1 Å². The van der Waals surface area contributed by atoms with Gasteiger partial charge in [0, 0.05) is 24.9 Å². The van der Waals surface area contributed by atoms with Gasteiger partial charge in [0.25, 0.3) is 5.76 Å². The van der Waals surface area contributed by atoms with Crippen LogP contribution in [0.4, 0.5) is 30.9 Å². The monoisotopic (exact) mass is 368 g/mol. The minimum absolute atomic E-state index is 0.0124. The van der Waals surface area contributed by atoms with Crippen LogP contribution in [0.2, 0.25) is 0 Å². The lowest BCUT2D eigenvalue weighted by molar-refractivity contribution is 0.0988. The molecule has 0 saturated carbocycles. The lowest BCUT2D eigenvalue weighted by atomic mass is 10.1. The smallest absolute Gasteiger partial charge is 0.410 e. The van der Waals surface area contributed by atoms with Gasteiger partial charge in [-0.25, -0.2) is 14.8 Å². The molecule has 0 radical (unpaired) electrons. The van der Waals surface area contributed by atoms with Gasteiger partial charge >= 0.3 is 6.09 Å². The van der Waals surface area contributed by atoms with E-state index in [4.69, 9.17) is 5.11 Å². The van der Waals surface area contributed by atoms with Crippen LogP contribution in [0.1, 0.15) is 23.7 Å². The van der Waals surface area contributed by atoms with Gasteiger partial charge in [0.05, 0.1) is 16.1 Å². The van der Waals surface area contributed by atoms with Crippen LogP contribution in [-0.4, -0.2) is 32.7 Å². The summed E-state index contributed by atoms with van der Waals surface area (Å²) in [5.74, 6) is -2.76. The Morgan fingerprint density at radius 1 is 1.36 bits per heavy atom. The van der Waals surface area contributed by atoms with Crippen molar-refractivity contribution < 1.29 is 23.5 Å². The number of ketones is 1. The summed E-state index contributed by atoms with van der Waals surface area (Å²) in [5, 5.41) is 13.7. The standard InChI is InChI=1S/C15H14F2N4O3S/c1-2-10(22)8-7-19-12(21-15(23)24)6-9(8)20-13-11(25-14(16)17)4-3-5-18-13/h3-7,14H,2H2,1H3,(H,23,24)(H2,18,19,20,21). The molecule has 0 atom stereocenters. The molecule has 25 heavy (non-hydrogen) atoms. The molecule has 2 heterocycles. The highest BCUT2D eigenvalue weighted by Gasteiger charge is 2.16. The zero-order valence-electron chi connectivity index (χ0n) is 13.0. The van der Waals surface area contributed by atoms with E-state index in [0.717, 1.165) is 0 Å². The topological polar surface area (TPSA) is 104 Å². The lowest BCUT2D eigenvalue weighted by Crippen LogP contribution is -2.11. The number of aromatic nitrogens is 2. The summed E-state index contributed by atoms with van der Waals surface area (Å²) in [7, 11) is 0. The minimum Gasteiger partial charge on any atom is -0.465 e. The van der Waals surface area contributed by atoms with Gasteiger partial charge in [0.15, 0.2) is 5.78 Å². The number of pyridine rings is 2. The average molecular weight is 368 g/mol. The van der Waals surface area contributed by atoms with Crippen molar-refractivity contribution >= 4 is 41.0 Å². The van der Waals surface area contributed by atoms with E-state index in [1.165, 1.54) is 30.6 Å². The van der Waals surface area contributed by atoms with E-state index < -0.39 is 11.9 Å². The van der Waals surface area contributed by atoms with E-state index in [9.17, 15) is 18.4 Å². The fourth-order valence-corrected chi connectivity index (χ4v) is 2.52. The molecule has 2 aromatic rings. The molecule has 1 amide bonds. The number of halogens is 2. The summed E-state index contributed by atoms with van der Waals surface area (Å²) in [5.41, 5.74) is 0.428. The number of amides is 1. The Kier molecular flexibility index (Phi) is 6.23. The molecule has 0 aliphatic rings. The number of Topliss-reactive ketones (excluding diaryl/α,β-unsaturated/α-hetero) is 1. The predicted octanol–water partition coefficient (Wildman–Crippen LogP) is 4.22. The highest BCUT2D eigenvalue weighted by Crippen LogP contribution is 2.33. The van der Waals surface area contributed by atoms with Crippen LogP contribution in [0.3, 0.4) is 0 Å². The van der Waals surface area contributed by atoms with E-state index in [0.29, 0.717) is 11.8 Å². The van der Waals surface area contributed by atoms with Crippen molar-refractivity contribution in [3.05, 3.63) is 36.2 Å². The van der Waals surface area contributed by atoms with E-state index in [2.05, 4.69) is 20.6 Å². The summed E-state index contributed by atoms with van der Waals surface area (Å²) >= 11 is 0.311. The molecule has 3 N–H and O–H groups in total. The number of nitrogens with one attached hydrogen (secondary N) is 2. The SMILES string of the molecule is CCC(=O)c1cnc(NC(=O)O)cc1Nc1ncccc1SC(F)F. The molecular weight excluding hydrogens is 354 g/mol. The molecule has 0 bridgehead atoms. The second-order valence-electron chi connectivity index (χ2n) is 4.68. The first kappa shape index (κ1) is 18.6. The molecule has 0 spiro atoms. The maximum atomic E-state index is 12.7. The fraction of sp³-hybridized carbons (Fsp3) is 0.200. The second kappa shape index (κ2) is 8.38. The van der Waals surface area contributed by atoms with Crippen molar-refractivity contribution in [3.63, 3.8) is 0 Å². The summed E-state index contributed by atoms with van der Waals surface area (Å²) < 4.78 is 25.4. The van der Waals surface area contributed by atoms with Crippen LogP contribution in [0.15, 0.2) is 35.5 Å². The molecule has 0 unspecified atom stereocenters. The number of rotatable bonds is 7. The number of hydrogen-bond donors (Lipinski definition) is 3. The maximum absolute atomic E-state index is 12.7. The zero-order chi connectivity index (χ0) is 18.4. The zero-order valence-corrected chi connectivity index (χ0v) is 13.8. The van der Waals surface area contributed by atoms with Crippen molar-refractivity contribution in [1.82, 2.24) is 9.97 Å². The highest BCUT2D eigenvalue weighted by atomic mass is 32.2. The molecule has 0 aliphatic carbocycles. The molecule has 0 saturated heterocycles. The molecule has 0 fully saturated rings. The summed E-state index contributed by atoms with van der Waals surface area (Å²) in [6.07, 6.45) is 1.52. The van der Waals surface area contributed by atoms with Gasteiger partial charge in [-0.1, -0.05) is 18.7 Å². The normalized spacial score (nSPS) is 10.6. The van der Waals surface area contributed by atoms with Crippen LogP contribution in [0, 0.1) is 0 Å². The van der Waals surface area contributed by atoms with Gasteiger partial charge in [-0.2, -0.15) is 8.78 Å². The molecule has 2 aromatic heterocycles. The highest BCUT2D eigenvalue weighted by molar-refractivity contribution is 7.99. The number of carbonyl (C=O) groups excluding carboxylic acids is 1. The summed E-state index contributed by atoms with van der Waals surface area (Å²) in [4.78, 5) is 30.9. The second-order valence-corrected chi connectivity index (χ2v) is 5.71. The Labute approximate surface area is 145 Å². The van der Waals surface area contributed by atoms with Crippen molar-refractivity contribution in [2.24, 2.45) is 0 Å². The van der Waals surface area contributed by atoms with Gasteiger partial charge in [-0.15, -0.1) is 0 Å². The van der Waals surface area contributed by atoms with E-state index in [1.54, 1.807) is 6.92 Å². The van der Waals surface area contributed by atoms with Gasteiger partial charge in [0.1, 0.15) is 11.6 Å².